The first-order valence-electron chi connectivity index (χ1n) is 6.27. The highest BCUT2D eigenvalue weighted by molar-refractivity contribution is 5.05. The molecule has 20 heavy (non-hydrogen) atoms. The highest BCUT2D eigenvalue weighted by atomic mass is 19.4. The van der Waals surface area contributed by atoms with E-state index >= 15 is 0 Å². The van der Waals surface area contributed by atoms with Gasteiger partial charge in [-0.05, 0) is 13.0 Å². The van der Waals surface area contributed by atoms with E-state index in [1.165, 1.54) is 6.20 Å². The van der Waals surface area contributed by atoms with E-state index in [4.69, 9.17) is 0 Å². The maximum atomic E-state index is 12.3. The van der Waals surface area contributed by atoms with Crippen LogP contribution in [0.1, 0.15) is 18.2 Å². The smallest absolute Gasteiger partial charge is 0.307 e. The van der Waals surface area contributed by atoms with Crippen molar-refractivity contribution in [2.45, 2.75) is 39.3 Å². The van der Waals surface area contributed by atoms with Crippen molar-refractivity contribution in [2.24, 2.45) is 0 Å². The van der Waals surface area contributed by atoms with Crippen LogP contribution in [-0.2, 0) is 26.2 Å². The zero-order valence-corrected chi connectivity index (χ0v) is 11.1. The van der Waals surface area contributed by atoms with Gasteiger partial charge in [-0.2, -0.15) is 23.4 Å². The van der Waals surface area contributed by atoms with E-state index in [-0.39, 0.29) is 0 Å². The molecule has 0 spiro atoms. The van der Waals surface area contributed by atoms with Crippen molar-refractivity contribution in [3.63, 3.8) is 0 Å². The molecule has 0 saturated carbocycles. The molecule has 0 unspecified atom stereocenters. The number of halogens is 3. The van der Waals surface area contributed by atoms with Gasteiger partial charge in [-0.1, -0.05) is 0 Å². The second-order valence-corrected chi connectivity index (χ2v) is 4.40. The average Bonchev–Trinajstić information content (AvgIpc) is 2.97. The fourth-order valence-electron chi connectivity index (χ4n) is 1.83. The average molecular weight is 287 g/mol. The number of nitrogens with one attached hydrogen (secondary N) is 1. The van der Waals surface area contributed by atoms with Crippen LogP contribution in [0.25, 0.3) is 0 Å². The van der Waals surface area contributed by atoms with E-state index in [2.05, 4.69) is 15.5 Å². The summed E-state index contributed by atoms with van der Waals surface area (Å²) in [4.78, 5) is 0. The van der Waals surface area contributed by atoms with Gasteiger partial charge in [0.15, 0.2) is 0 Å². The second kappa shape index (κ2) is 6.08. The van der Waals surface area contributed by atoms with Crippen LogP contribution in [0, 0.1) is 0 Å². The van der Waals surface area contributed by atoms with Crippen LogP contribution in [0.2, 0.25) is 0 Å². The monoisotopic (exact) mass is 287 g/mol. The zero-order valence-electron chi connectivity index (χ0n) is 11.1. The number of aryl methyl sites for hydroxylation is 1. The number of hydrogen-bond donors (Lipinski definition) is 1. The Kier molecular flexibility index (Phi) is 4.43. The van der Waals surface area contributed by atoms with Crippen molar-refractivity contribution in [3.8, 4) is 0 Å². The summed E-state index contributed by atoms with van der Waals surface area (Å²) in [6.07, 6.45) is 0.754. The molecule has 110 valence electrons. The van der Waals surface area contributed by atoms with E-state index < -0.39 is 12.7 Å². The van der Waals surface area contributed by atoms with Gasteiger partial charge in [0.2, 0.25) is 0 Å². The van der Waals surface area contributed by atoms with Gasteiger partial charge in [-0.15, -0.1) is 0 Å². The summed E-state index contributed by atoms with van der Waals surface area (Å²) in [6.45, 7) is 2.59. The SMILES string of the molecule is CCn1cc(CNCc2ccnn2CC(F)(F)F)cn1. The molecule has 2 rings (SSSR count). The molecule has 0 aliphatic rings. The summed E-state index contributed by atoms with van der Waals surface area (Å²) in [6, 6.07) is 1.58. The van der Waals surface area contributed by atoms with Crippen LogP contribution in [0.4, 0.5) is 13.2 Å². The van der Waals surface area contributed by atoms with E-state index in [0.717, 1.165) is 16.8 Å². The molecule has 0 radical (unpaired) electrons. The summed E-state index contributed by atoms with van der Waals surface area (Å²) >= 11 is 0. The number of alkyl halides is 3. The minimum absolute atomic E-state index is 0.327. The second-order valence-electron chi connectivity index (χ2n) is 4.40. The van der Waals surface area contributed by atoms with E-state index in [1.54, 1.807) is 16.9 Å². The van der Waals surface area contributed by atoms with Crippen LogP contribution in [-0.4, -0.2) is 25.7 Å². The molecule has 5 nitrogen and oxygen atoms in total. The minimum Gasteiger partial charge on any atom is -0.307 e. The van der Waals surface area contributed by atoms with Gasteiger partial charge < -0.3 is 5.32 Å². The molecular weight excluding hydrogens is 271 g/mol. The van der Waals surface area contributed by atoms with E-state index in [0.29, 0.717) is 18.8 Å². The number of rotatable bonds is 6. The van der Waals surface area contributed by atoms with E-state index in [1.807, 2.05) is 13.1 Å². The lowest BCUT2D eigenvalue weighted by atomic mass is 10.3. The predicted molar refractivity (Wildman–Crippen MR) is 66.7 cm³/mol. The third kappa shape index (κ3) is 4.09. The maximum absolute atomic E-state index is 12.3. The van der Waals surface area contributed by atoms with Crippen molar-refractivity contribution < 1.29 is 13.2 Å². The van der Waals surface area contributed by atoms with Crippen LogP contribution in [0.5, 0.6) is 0 Å². The Morgan fingerprint density at radius 1 is 1.25 bits per heavy atom. The van der Waals surface area contributed by atoms with Crippen molar-refractivity contribution in [2.75, 3.05) is 0 Å². The van der Waals surface area contributed by atoms with Crippen LogP contribution >= 0.6 is 0 Å². The summed E-state index contributed by atoms with van der Waals surface area (Å²) in [5.74, 6) is 0. The van der Waals surface area contributed by atoms with Gasteiger partial charge in [0.1, 0.15) is 6.54 Å². The zero-order chi connectivity index (χ0) is 14.6. The van der Waals surface area contributed by atoms with Gasteiger partial charge in [0.25, 0.3) is 0 Å². The summed E-state index contributed by atoms with van der Waals surface area (Å²) in [5, 5.41) is 10.9. The highest BCUT2D eigenvalue weighted by Gasteiger charge is 2.29. The summed E-state index contributed by atoms with van der Waals surface area (Å²) in [5.41, 5.74) is 1.50. The normalized spacial score (nSPS) is 12.0. The Labute approximate surface area is 114 Å². The van der Waals surface area contributed by atoms with Gasteiger partial charge in [-0.3, -0.25) is 9.36 Å². The van der Waals surface area contributed by atoms with Crippen molar-refractivity contribution >= 4 is 0 Å². The largest absolute Gasteiger partial charge is 0.408 e. The minimum atomic E-state index is -4.26. The van der Waals surface area contributed by atoms with Crippen molar-refractivity contribution in [1.82, 2.24) is 24.9 Å². The molecule has 8 heteroatoms. The summed E-state index contributed by atoms with van der Waals surface area (Å²) in [7, 11) is 0. The molecule has 0 aliphatic carbocycles. The predicted octanol–water partition coefficient (Wildman–Crippen LogP) is 1.95. The van der Waals surface area contributed by atoms with Gasteiger partial charge in [0.05, 0.1) is 11.9 Å². The van der Waals surface area contributed by atoms with Crippen LogP contribution in [0.15, 0.2) is 24.7 Å². The first kappa shape index (κ1) is 14.6. The molecule has 2 aromatic rings. The Hall–Kier alpha value is -1.83. The van der Waals surface area contributed by atoms with Crippen LogP contribution < -0.4 is 5.32 Å². The quantitative estimate of drug-likeness (QED) is 0.883. The van der Waals surface area contributed by atoms with Gasteiger partial charge in [0, 0.05) is 37.6 Å². The lowest BCUT2D eigenvalue weighted by Crippen LogP contribution is -2.23. The molecular formula is C12H16F3N5. The Bertz CT molecular complexity index is 543. The van der Waals surface area contributed by atoms with Crippen LogP contribution in [0.3, 0.4) is 0 Å². The molecule has 0 atom stereocenters. The lowest BCUT2D eigenvalue weighted by Gasteiger charge is -2.10. The topological polar surface area (TPSA) is 47.7 Å². The molecule has 0 aromatic carbocycles. The fraction of sp³-hybridized carbons (Fsp3) is 0.500. The Balaban J connectivity index is 1.86. The molecule has 2 heterocycles. The fourth-order valence-corrected chi connectivity index (χ4v) is 1.83. The number of aromatic nitrogens is 4. The third-order valence-electron chi connectivity index (χ3n) is 2.78. The molecule has 0 aliphatic heterocycles. The first-order valence-corrected chi connectivity index (χ1v) is 6.27. The molecule has 0 saturated heterocycles. The molecule has 0 bridgehead atoms. The molecule has 0 fully saturated rings. The Morgan fingerprint density at radius 3 is 2.70 bits per heavy atom. The molecule has 1 N–H and O–H groups in total. The molecule has 0 amide bonds. The van der Waals surface area contributed by atoms with Gasteiger partial charge in [-0.25, -0.2) is 0 Å². The van der Waals surface area contributed by atoms with E-state index in [9.17, 15) is 13.2 Å². The third-order valence-corrected chi connectivity index (χ3v) is 2.78. The van der Waals surface area contributed by atoms with Crippen molar-refractivity contribution in [1.29, 1.82) is 0 Å². The first-order chi connectivity index (χ1) is 9.48. The summed E-state index contributed by atoms with van der Waals surface area (Å²) < 4.78 is 39.8. The van der Waals surface area contributed by atoms with Crippen molar-refractivity contribution in [3.05, 3.63) is 35.9 Å². The lowest BCUT2D eigenvalue weighted by molar-refractivity contribution is -0.143. The molecule has 2 aromatic heterocycles. The number of hydrogen-bond acceptors (Lipinski definition) is 3. The Morgan fingerprint density at radius 2 is 2.05 bits per heavy atom. The highest BCUT2D eigenvalue weighted by Crippen LogP contribution is 2.17. The van der Waals surface area contributed by atoms with Gasteiger partial charge >= 0.3 is 6.18 Å². The number of nitrogens with zero attached hydrogens (tertiary/aromatic N) is 4. The maximum Gasteiger partial charge on any atom is 0.408 e. The standard InChI is InChI=1S/C12H16F3N5/c1-2-19-8-10(6-18-19)5-16-7-11-3-4-17-20(11)9-12(13,14)15/h3-4,6,8,16H,2,5,7,9H2,1H3.